The van der Waals surface area contributed by atoms with Crippen molar-refractivity contribution in [2.75, 3.05) is 13.1 Å². The number of hydrogen-bond acceptors (Lipinski definition) is 5. The van der Waals surface area contributed by atoms with Crippen molar-refractivity contribution in [3.63, 3.8) is 0 Å². The molecule has 6 nitrogen and oxygen atoms in total. The maximum atomic E-state index is 13.0. The Kier molecular flexibility index (Phi) is 5.20. The molecule has 1 saturated carbocycles. The smallest absolute Gasteiger partial charge is 0.276 e. The normalized spacial score (nSPS) is 19.7. The van der Waals surface area contributed by atoms with Gasteiger partial charge >= 0.3 is 0 Å². The minimum Gasteiger partial charge on any atom is -0.491 e. The maximum absolute atomic E-state index is 13.0. The molecule has 1 amide bonds. The van der Waals surface area contributed by atoms with Crippen molar-refractivity contribution >= 4 is 11.7 Å². The number of benzene rings is 1. The molecule has 1 aliphatic carbocycles. The molecule has 148 valence electrons. The molecule has 1 aromatic carbocycles. The summed E-state index contributed by atoms with van der Waals surface area (Å²) in [5.41, 5.74) is 0.984. The molecular formula is C22H26N2O4. The van der Waals surface area contributed by atoms with Gasteiger partial charge in [0.25, 0.3) is 5.91 Å². The van der Waals surface area contributed by atoms with Gasteiger partial charge in [-0.3, -0.25) is 9.59 Å². The van der Waals surface area contributed by atoms with E-state index >= 15 is 0 Å². The van der Waals surface area contributed by atoms with E-state index in [2.05, 4.69) is 5.16 Å². The quantitative estimate of drug-likeness (QED) is 0.704. The van der Waals surface area contributed by atoms with Crippen molar-refractivity contribution in [1.82, 2.24) is 10.1 Å². The third-order valence-electron chi connectivity index (χ3n) is 5.30. The van der Waals surface area contributed by atoms with E-state index in [1.165, 1.54) is 0 Å². The Morgan fingerprint density at radius 1 is 1.21 bits per heavy atom. The van der Waals surface area contributed by atoms with E-state index < -0.39 is 0 Å². The first-order valence-corrected chi connectivity index (χ1v) is 10.1. The van der Waals surface area contributed by atoms with Gasteiger partial charge in [-0.15, -0.1) is 0 Å². The maximum Gasteiger partial charge on any atom is 0.276 e. The van der Waals surface area contributed by atoms with E-state index in [-0.39, 0.29) is 23.7 Å². The van der Waals surface area contributed by atoms with E-state index in [1.54, 1.807) is 17.0 Å². The Labute approximate surface area is 164 Å². The zero-order valence-electron chi connectivity index (χ0n) is 16.4. The summed E-state index contributed by atoms with van der Waals surface area (Å²) in [6, 6.07) is 9.07. The number of piperidine rings is 1. The fourth-order valence-corrected chi connectivity index (χ4v) is 3.72. The number of ether oxygens (including phenoxy) is 1. The molecule has 6 heteroatoms. The molecule has 0 bridgehead atoms. The third-order valence-corrected chi connectivity index (χ3v) is 5.30. The summed E-state index contributed by atoms with van der Waals surface area (Å²) >= 11 is 0. The first kappa shape index (κ1) is 18.7. The van der Waals surface area contributed by atoms with Crippen LogP contribution in [-0.2, 0) is 0 Å². The van der Waals surface area contributed by atoms with E-state index in [1.807, 2.05) is 32.0 Å². The number of carbonyl (C=O) groups excluding carboxylic acids is 2. The summed E-state index contributed by atoms with van der Waals surface area (Å²) in [6.45, 7) is 4.97. The Hall–Kier alpha value is -2.63. The number of aromatic nitrogens is 1. The summed E-state index contributed by atoms with van der Waals surface area (Å²) in [5.74, 6) is 1.62. The topological polar surface area (TPSA) is 72.6 Å². The second-order valence-electron chi connectivity index (χ2n) is 8.04. The second kappa shape index (κ2) is 7.78. The van der Waals surface area contributed by atoms with Gasteiger partial charge in [-0.25, -0.2) is 0 Å². The van der Waals surface area contributed by atoms with Crippen LogP contribution in [0.2, 0.25) is 0 Å². The fourth-order valence-electron chi connectivity index (χ4n) is 3.72. The summed E-state index contributed by atoms with van der Waals surface area (Å²) < 4.78 is 11.0. The molecule has 2 heterocycles. The lowest BCUT2D eigenvalue weighted by molar-refractivity contribution is 0.0628. The number of likely N-dealkylation sites (tertiary alicyclic amines) is 1. The summed E-state index contributed by atoms with van der Waals surface area (Å²) in [5, 5.41) is 3.95. The molecule has 1 atom stereocenters. The lowest BCUT2D eigenvalue weighted by Crippen LogP contribution is -2.42. The lowest BCUT2D eigenvalue weighted by Gasteiger charge is -2.31. The average Bonchev–Trinajstić information content (AvgIpc) is 3.43. The number of ketones is 1. The Balaban J connectivity index is 1.44. The van der Waals surface area contributed by atoms with Gasteiger partial charge in [0.15, 0.2) is 11.5 Å². The van der Waals surface area contributed by atoms with Gasteiger partial charge < -0.3 is 14.2 Å². The van der Waals surface area contributed by atoms with Crippen molar-refractivity contribution in [3.05, 3.63) is 47.3 Å². The molecule has 1 saturated heterocycles. The van der Waals surface area contributed by atoms with Crippen molar-refractivity contribution in [3.8, 4) is 5.75 Å². The number of hydrogen-bond donors (Lipinski definition) is 0. The highest BCUT2D eigenvalue weighted by Gasteiger charge is 2.33. The van der Waals surface area contributed by atoms with E-state index in [4.69, 9.17) is 9.26 Å². The highest BCUT2D eigenvalue weighted by molar-refractivity contribution is 5.99. The third kappa shape index (κ3) is 4.11. The van der Waals surface area contributed by atoms with Gasteiger partial charge in [0.2, 0.25) is 0 Å². The predicted octanol–water partition coefficient (Wildman–Crippen LogP) is 4.07. The first-order chi connectivity index (χ1) is 13.5. The van der Waals surface area contributed by atoms with Crippen LogP contribution in [0.4, 0.5) is 0 Å². The van der Waals surface area contributed by atoms with E-state index in [0.29, 0.717) is 36.0 Å². The Morgan fingerprint density at radius 2 is 2.04 bits per heavy atom. The SMILES string of the molecule is CC(C)Oc1cccc(C(=O)C2CCCN(C(=O)c3cc(C4CC4)on3)C2)c1. The van der Waals surface area contributed by atoms with Crippen LogP contribution >= 0.6 is 0 Å². The predicted molar refractivity (Wildman–Crippen MR) is 104 cm³/mol. The number of Topliss-reactive ketones (excluding diaryl/α,β-unsaturated/α-hetero) is 1. The molecular weight excluding hydrogens is 356 g/mol. The standard InChI is InChI=1S/C22H26N2O4/c1-14(2)27-18-7-3-5-16(11-18)21(25)17-6-4-10-24(13-17)22(26)19-12-20(28-23-19)15-8-9-15/h3,5,7,11-12,14-15,17H,4,6,8-10,13H2,1-2H3. The van der Waals surface area contributed by atoms with E-state index in [9.17, 15) is 9.59 Å². The van der Waals surface area contributed by atoms with E-state index in [0.717, 1.165) is 31.4 Å². The average molecular weight is 382 g/mol. The highest BCUT2D eigenvalue weighted by atomic mass is 16.5. The van der Waals surface area contributed by atoms with Crippen molar-refractivity contribution < 1.29 is 18.8 Å². The number of nitrogens with zero attached hydrogens (tertiary/aromatic N) is 2. The van der Waals surface area contributed by atoms with Crippen LogP contribution in [0.5, 0.6) is 5.75 Å². The first-order valence-electron chi connectivity index (χ1n) is 10.1. The summed E-state index contributed by atoms with van der Waals surface area (Å²) in [7, 11) is 0. The van der Waals surface area contributed by atoms with Crippen LogP contribution in [0.25, 0.3) is 0 Å². The number of amides is 1. The van der Waals surface area contributed by atoms with Crippen LogP contribution in [0.3, 0.4) is 0 Å². The van der Waals surface area contributed by atoms with Crippen molar-refractivity contribution in [2.45, 2.75) is 51.6 Å². The largest absolute Gasteiger partial charge is 0.491 e. The molecule has 1 aromatic heterocycles. The van der Waals surface area contributed by atoms with Gasteiger partial charge in [-0.2, -0.15) is 0 Å². The zero-order valence-corrected chi connectivity index (χ0v) is 16.4. The Bertz CT molecular complexity index is 869. The molecule has 0 spiro atoms. The summed E-state index contributed by atoms with van der Waals surface area (Å²) in [4.78, 5) is 27.6. The van der Waals surface area contributed by atoms with Crippen molar-refractivity contribution in [2.24, 2.45) is 5.92 Å². The molecule has 0 radical (unpaired) electrons. The van der Waals surface area contributed by atoms with Crippen LogP contribution < -0.4 is 4.74 Å². The molecule has 1 aliphatic heterocycles. The molecule has 4 rings (SSSR count). The molecule has 0 N–H and O–H groups in total. The Morgan fingerprint density at radius 3 is 2.79 bits per heavy atom. The molecule has 2 aliphatic rings. The summed E-state index contributed by atoms with van der Waals surface area (Å²) in [6.07, 6.45) is 3.84. The van der Waals surface area contributed by atoms with Crippen LogP contribution in [-0.4, -0.2) is 40.9 Å². The van der Waals surface area contributed by atoms with Gasteiger partial charge in [0.05, 0.1) is 6.10 Å². The van der Waals surface area contributed by atoms with Crippen LogP contribution in [0.1, 0.15) is 72.1 Å². The molecule has 28 heavy (non-hydrogen) atoms. The number of carbonyl (C=O) groups is 2. The molecule has 2 aromatic rings. The van der Waals surface area contributed by atoms with Gasteiger partial charge in [0, 0.05) is 36.6 Å². The molecule has 2 fully saturated rings. The van der Waals surface area contributed by atoms with Crippen molar-refractivity contribution in [1.29, 1.82) is 0 Å². The number of rotatable bonds is 6. The van der Waals surface area contributed by atoms with Crippen LogP contribution in [0, 0.1) is 5.92 Å². The minimum atomic E-state index is -0.207. The zero-order chi connectivity index (χ0) is 19.7. The van der Waals surface area contributed by atoms with Gasteiger partial charge in [-0.1, -0.05) is 17.3 Å². The fraction of sp³-hybridized carbons (Fsp3) is 0.500. The van der Waals surface area contributed by atoms with Crippen LogP contribution in [0.15, 0.2) is 34.9 Å². The lowest BCUT2D eigenvalue weighted by atomic mass is 9.89. The van der Waals surface area contributed by atoms with Gasteiger partial charge in [0.1, 0.15) is 11.5 Å². The second-order valence-corrected chi connectivity index (χ2v) is 8.04. The highest BCUT2D eigenvalue weighted by Crippen LogP contribution is 2.40. The molecule has 1 unspecified atom stereocenters. The van der Waals surface area contributed by atoms with Gasteiger partial charge in [-0.05, 0) is 51.7 Å². The monoisotopic (exact) mass is 382 g/mol. The minimum absolute atomic E-state index is 0.0520.